The summed E-state index contributed by atoms with van der Waals surface area (Å²) in [6.45, 7) is 3.58. The van der Waals surface area contributed by atoms with Crippen LogP contribution >= 0.6 is 0 Å². The molecule has 2 atom stereocenters. The number of nitrogens with two attached hydrogens (primary N) is 1. The first-order chi connectivity index (χ1) is 8.61. The topological polar surface area (TPSA) is 66.6 Å². The van der Waals surface area contributed by atoms with Gasteiger partial charge in [-0.25, -0.2) is 0 Å². The summed E-state index contributed by atoms with van der Waals surface area (Å²) in [5.74, 6) is 0.251. The summed E-state index contributed by atoms with van der Waals surface area (Å²) in [5, 5.41) is 9.83. The van der Waals surface area contributed by atoms with E-state index in [0.717, 1.165) is 12.0 Å². The standard InChI is InChI=1S/C14H20N2O2/c1-10-5-6-16(9-13(10)17)14(18)12-4-2-3-11(7-12)8-15/h2-4,7,10,13,17H,5-6,8-9,15H2,1H3. The molecule has 0 spiro atoms. The molecule has 1 amide bonds. The zero-order valence-electron chi connectivity index (χ0n) is 10.7. The number of nitrogens with zero attached hydrogens (tertiary/aromatic N) is 1. The molecule has 4 heteroatoms. The van der Waals surface area contributed by atoms with Crippen molar-refractivity contribution in [2.45, 2.75) is 26.0 Å². The molecular formula is C14H20N2O2. The highest BCUT2D eigenvalue weighted by molar-refractivity contribution is 5.94. The van der Waals surface area contributed by atoms with Crippen LogP contribution in [0.2, 0.25) is 0 Å². The second-order valence-electron chi connectivity index (χ2n) is 4.99. The van der Waals surface area contributed by atoms with Gasteiger partial charge >= 0.3 is 0 Å². The number of likely N-dealkylation sites (tertiary alicyclic amines) is 1. The van der Waals surface area contributed by atoms with Gasteiger partial charge in [0.2, 0.25) is 0 Å². The lowest BCUT2D eigenvalue weighted by Gasteiger charge is -2.34. The molecule has 1 fully saturated rings. The number of aliphatic hydroxyl groups is 1. The summed E-state index contributed by atoms with van der Waals surface area (Å²) in [6.07, 6.45) is 0.434. The molecule has 98 valence electrons. The number of carbonyl (C=O) groups excluding carboxylic acids is 1. The maximum atomic E-state index is 12.3. The third kappa shape index (κ3) is 2.71. The number of piperidine rings is 1. The Bertz CT molecular complexity index is 434. The van der Waals surface area contributed by atoms with Gasteiger partial charge in [-0.15, -0.1) is 0 Å². The maximum absolute atomic E-state index is 12.3. The molecule has 1 aromatic carbocycles. The first-order valence-electron chi connectivity index (χ1n) is 6.38. The highest BCUT2D eigenvalue weighted by Crippen LogP contribution is 2.19. The number of rotatable bonds is 2. The van der Waals surface area contributed by atoms with Gasteiger partial charge in [-0.05, 0) is 30.0 Å². The van der Waals surface area contributed by atoms with E-state index in [2.05, 4.69) is 0 Å². The summed E-state index contributed by atoms with van der Waals surface area (Å²) in [7, 11) is 0. The van der Waals surface area contributed by atoms with Gasteiger partial charge < -0.3 is 15.7 Å². The van der Waals surface area contributed by atoms with Gasteiger partial charge in [0, 0.05) is 25.2 Å². The van der Waals surface area contributed by atoms with Gasteiger partial charge in [0.15, 0.2) is 0 Å². The molecule has 1 heterocycles. The molecule has 4 nitrogen and oxygen atoms in total. The van der Waals surface area contributed by atoms with Gasteiger partial charge in [0.05, 0.1) is 6.10 Å². The minimum Gasteiger partial charge on any atom is -0.391 e. The smallest absolute Gasteiger partial charge is 0.253 e. The van der Waals surface area contributed by atoms with Crippen LogP contribution in [0.4, 0.5) is 0 Å². The Hall–Kier alpha value is -1.39. The van der Waals surface area contributed by atoms with Crippen molar-refractivity contribution < 1.29 is 9.90 Å². The van der Waals surface area contributed by atoms with E-state index in [1.807, 2.05) is 25.1 Å². The first kappa shape index (κ1) is 13.1. The SMILES string of the molecule is CC1CCN(C(=O)c2cccc(CN)c2)CC1O. The molecule has 3 N–H and O–H groups in total. The zero-order valence-corrected chi connectivity index (χ0v) is 10.7. The van der Waals surface area contributed by atoms with Crippen molar-refractivity contribution in [1.29, 1.82) is 0 Å². The minimum atomic E-state index is -0.416. The van der Waals surface area contributed by atoms with Gasteiger partial charge in [0.25, 0.3) is 5.91 Å². The van der Waals surface area contributed by atoms with Crippen LogP contribution in [0.15, 0.2) is 24.3 Å². The predicted molar refractivity (Wildman–Crippen MR) is 70.0 cm³/mol. The van der Waals surface area contributed by atoms with E-state index >= 15 is 0 Å². The van der Waals surface area contributed by atoms with Crippen molar-refractivity contribution in [3.8, 4) is 0 Å². The van der Waals surface area contributed by atoms with E-state index in [-0.39, 0.29) is 11.8 Å². The maximum Gasteiger partial charge on any atom is 0.253 e. The van der Waals surface area contributed by atoms with Gasteiger partial charge in [-0.3, -0.25) is 4.79 Å². The lowest BCUT2D eigenvalue weighted by molar-refractivity contribution is 0.0248. The Morgan fingerprint density at radius 2 is 2.33 bits per heavy atom. The van der Waals surface area contributed by atoms with Gasteiger partial charge in [-0.1, -0.05) is 19.1 Å². The fourth-order valence-corrected chi connectivity index (χ4v) is 2.25. The van der Waals surface area contributed by atoms with Crippen molar-refractivity contribution in [2.24, 2.45) is 11.7 Å². The minimum absolute atomic E-state index is 0.0174. The summed E-state index contributed by atoms with van der Waals surface area (Å²) in [5.41, 5.74) is 7.18. The number of β-amino-alcohol motifs (C(OH)–C–C–N with tert-alkyl or cyclic N) is 1. The van der Waals surface area contributed by atoms with Crippen LogP contribution in [0.25, 0.3) is 0 Å². The van der Waals surface area contributed by atoms with Crippen LogP contribution in [0.1, 0.15) is 29.3 Å². The lowest BCUT2D eigenvalue weighted by Crippen LogP contribution is -2.45. The predicted octanol–water partition coefficient (Wildman–Crippen LogP) is 0.988. The lowest BCUT2D eigenvalue weighted by atomic mass is 9.95. The molecule has 0 radical (unpaired) electrons. The summed E-state index contributed by atoms with van der Waals surface area (Å²) >= 11 is 0. The average molecular weight is 248 g/mol. The molecule has 18 heavy (non-hydrogen) atoms. The average Bonchev–Trinajstić information content (AvgIpc) is 2.41. The molecule has 1 aliphatic rings. The fourth-order valence-electron chi connectivity index (χ4n) is 2.25. The molecular weight excluding hydrogens is 228 g/mol. The van der Waals surface area contributed by atoms with Crippen LogP contribution in [0, 0.1) is 5.92 Å². The Balaban J connectivity index is 2.11. The molecule has 0 aliphatic carbocycles. The van der Waals surface area contributed by atoms with Crippen LogP contribution in [-0.4, -0.2) is 35.1 Å². The molecule has 0 aromatic heterocycles. The quantitative estimate of drug-likeness (QED) is 0.820. The molecule has 0 bridgehead atoms. The normalized spacial score (nSPS) is 24.1. The van der Waals surface area contributed by atoms with Crippen molar-refractivity contribution >= 4 is 5.91 Å². The molecule has 0 saturated carbocycles. The Labute approximate surface area is 107 Å². The summed E-state index contributed by atoms with van der Waals surface area (Å²) in [4.78, 5) is 14.0. The number of benzene rings is 1. The van der Waals surface area contributed by atoms with E-state index in [4.69, 9.17) is 5.73 Å². The number of aliphatic hydroxyl groups excluding tert-OH is 1. The third-order valence-electron chi connectivity index (χ3n) is 3.62. The van der Waals surface area contributed by atoms with Crippen molar-refractivity contribution in [1.82, 2.24) is 4.90 Å². The van der Waals surface area contributed by atoms with Gasteiger partial charge in [0.1, 0.15) is 0 Å². The number of carbonyl (C=O) groups is 1. The van der Waals surface area contributed by atoms with Gasteiger partial charge in [-0.2, -0.15) is 0 Å². The summed E-state index contributed by atoms with van der Waals surface area (Å²) in [6, 6.07) is 7.38. The second kappa shape index (κ2) is 5.50. The van der Waals surface area contributed by atoms with Crippen LogP contribution < -0.4 is 5.73 Å². The monoisotopic (exact) mass is 248 g/mol. The van der Waals surface area contributed by atoms with E-state index in [1.165, 1.54) is 0 Å². The Morgan fingerprint density at radius 1 is 1.56 bits per heavy atom. The van der Waals surface area contributed by atoms with Crippen LogP contribution in [0.5, 0.6) is 0 Å². The number of hydrogen-bond acceptors (Lipinski definition) is 3. The molecule has 2 unspecified atom stereocenters. The largest absolute Gasteiger partial charge is 0.391 e. The fraction of sp³-hybridized carbons (Fsp3) is 0.500. The Morgan fingerprint density at radius 3 is 3.00 bits per heavy atom. The van der Waals surface area contributed by atoms with E-state index in [1.54, 1.807) is 11.0 Å². The molecule has 1 saturated heterocycles. The second-order valence-corrected chi connectivity index (χ2v) is 4.99. The van der Waals surface area contributed by atoms with Crippen molar-refractivity contribution in [2.75, 3.05) is 13.1 Å². The first-order valence-corrected chi connectivity index (χ1v) is 6.38. The van der Waals surface area contributed by atoms with Crippen LogP contribution in [-0.2, 0) is 6.54 Å². The van der Waals surface area contributed by atoms with Crippen molar-refractivity contribution in [3.05, 3.63) is 35.4 Å². The van der Waals surface area contributed by atoms with Crippen molar-refractivity contribution in [3.63, 3.8) is 0 Å². The number of amides is 1. The number of hydrogen-bond donors (Lipinski definition) is 2. The van der Waals surface area contributed by atoms with E-state index < -0.39 is 6.10 Å². The molecule has 1 aromatic rings. The van der Waals surface area contributed by atoms with E-state index in [0.29, 0.717) is 25.2 Å². The third-order valence-corrected chi connectivity index (χ3v) is 3.62. The molecule has 2 rings (SSSR count). The van der Waals surface area contributed by atoms with Crippen LogP contribution in [0.3, 0.4) is 0 Å². The highest BCUT2D eigenvalue weighted by Gasteiger charge is 2.27. The van der Waals surface area contributed by atoms with E-state index in [9.17, 15) is 9.90 Å². The summed E-state index contributed by atoms with van der Waals surface area (Å²) < 4.78 is 0. The molecule has 1 aliphatic heterocycles. The Kier molecular flexibility index (Phi) is 3.99. The zero-order chi connectivity index (χ0) is 13.1. The highest BCUT2D eigenvalue weighted by atomic mass is 16.3.